The summed E-state index contributed by atoms with van der Waals surface area (Å²) >= 11 is 0. The minimum atomic E-state index is -0.984. The molecule has 0 unspecified atom stereocenters. The molecule has 0 aliphatic carbocycles. The maximum atomic E-state index is 11.3. The first-order valence-corrected chi connectivity index (χ1v) is 13.6. The van der Waals surface area contributed by atoms with Crippen LogP contribution in [0.25, 0.3) is 0 Å². The van der Waals surface area contributed by atoms with Gasteiger partial charge in [0.15, 0.2) is 0 Å². The molecule has 15 nitrogen and oxygen atoms in total. The molecule has 45 heavy (non-hydrogen) atoms. The molecule has 0 aromatic heterocycles. The van der Waals surface area contributed by atoms with E-state index in [9.17, 15) is 28.8 Å². The smallest absolute Gasteiger partial charge is 0.409 e. The molecule has 0 fully saturated rings. The van der Waals surface area contributed by atoms with Crippen molar-refractivity contribution >= 4 is 36.2 Å². The van der Waals surface area contributed by atoms with Crippen molar-refractivity contribution in [2.45, 2.75) is 41.5 Å². The zero-order valence-corrected chi connectivity index (χ0v) is 28.0. The Labute approximate surface area is 265 Å². The number of ether oxygens (including phenoxy) is 3. The van der Waals surface area contributed by atoms with Crippen LogP contribution in [0.4, 0.5) is 14.4 Å². The van der Waals surface area contributed by atoms with Gasteiger partial charge in [0.25, 0.3) is 0 Å². The molecule has 0 saturated carbocycles. The molecule has 0 aliphatic heterocycles. The molecule has 258 valence electrons. The van der Waals surface area contributed by atoms with Gasteiger partial charge in [-0.3, -0.25) is 14.4 Å². The molecule has 0 spiro atoms. The summed E-state index contributed by atoms with van der Waals surface area (Å²) in [6, 6.07) is 0. The minimum absolute atomic E-state index is 0.0955. The lowest BCUT2D eigenvalue weighted by Gasteiger charge is -2.25. The van der Waals surface area contributed by atoms with Crippen LogP contribution < -0.4 is 0 Å². The van der Waals surface area contributed by atoms with Crippen molar-refractivity contribution in [3.63, 3.8) is 0 Å². The lowest BCUT2D eigenvalue weighted by atomic mass is 9.93. The van der Waals surface area contributed by atoms with Crippen LogP contribution in [0.5, 0.6) is 0 Å². The van der Waals surface area contributed by atoms with Crippen LogP contribution in [0.1, 0.15) is 41.5 Å². The van der Waals surface area contributed by atoms with E-state index >= 15 is 0 Å². The summed E-state index contributed by atoms with van der Waals surface area (Å²) in [4.78, 5) is 69.9. The molecule has 3 amide bonds. The summed E-state index contributed by atoms with van der Waals surface area (Å²) in [5.74, 6) is -2.86. The van der Waals surface area contributed by atoms with Gasteiger partial charge in [0, 0.05) is 40.8 Å². The van der Waals surface area contributed by atoms with E-state index in [1.165, 1.54) is 54.1 Å². The minimum Gasteiger partial charge on any atom is -0.481 e. The van der Waals surface area contributed by atoms with E-state index in [1.54, 1.807) is 41.5 Å². The standard InChI is InChI=1S/3C10H17NO4/c3*1-5-6-15-9(14)11(4)7-10(2,3)8(12)13/h3*5H,1,6-7H2,2-4H3,(H,12,13). The van der Waals surface area contributed by atoms with Crippen LogP contribution in [0.15, 0.2) is 38.0 Å². The highest BCUT2D eigenvalue weighted by molar-refractivity contribution is 5.76. The van der Waals surface area contributed by atoms with Crippen LogP contribution in [-0.2, 0) is 28.6 Å². The average molecular weight is 646 g/mol. The fourth-order valence-electron chi connectivity index (χ4n) is 2.90. The summed E-state index contributed by atoms with van der Waals surface area (Å²) in [5, 5.41) is 26.6. The lowest BCUT2D eigenvalue weighted by molar-refractivity contribution is -0.148. The van der Waals surface area contributed by atoms with Gasteiger partial charge in [0.1, 0.15) is 19.8 Å². The predicted molar refractivity (Wildman–Crippen MR) is 167 cm³/mol. The first-order valence-electron chi connectivity index (χ1n) is 13.6. The Morgan fingerprint density at radius 3 is 0.822 bits per heavy atom. The first kappa shape index (κ1) is 44.9. The number of aliphatic carboxylic acids is 3. The van der Waals surface area contributed by atoms with Crippen LogP contribution in [-0.4, -0.2) is 127 Å². The summed E-state index contributed by atoms with van der Waals surface area (Å²) in [6.07, 6.45) is 2.70. The Morgan fingerprint density at radius 2 is 0.689 bits per heavy atom. The Bertz CT molecular complexity index is 909. The zero-order valence-electron chi connectivity index (χ0n) is 28.0. The third-order valence-electron chi connectivity index (χ3n) is 5.54. The molecule has 0 heterocycles. The van der Waals surface area contributed by atoms with Gasteiger partial charge in [-0.05, 0) is 41.5 Å². The molecule has 0 saturated heterocycles. The number of hydrogen-bond donors (Lipinski definition) is 3. The van der Waals surface area contributed by atoms with Gasteiger partial charge in [-0.1, -0.05) is 38.0 Å². The van der Waals surface area contributed by atoms with Gasteiger partial charge >= 0.3 is 36.2 Å². The Kier molecular flexibility index (Phi) is 21.1. The number of hydrogen-bond acceptors (Lipinski definition) is 9. The third-order valence-corrected chi connectivity index (χ3v) is 5.54. The van der Waals surface area contributed by atoms with Crippen molar-refractivity contribution in [3.05, 3.63) is 38.0 Å². The van der Waals surface area contributed by atoms with Crippen LogP contribution in [0.3, 0.4) is 0 Å². The maximum Gasteiger partial charge on any atom is 0.409 e. The Balaban J connectivity index is -0.000000588. The van der Waals surface area contributed by atoms with E-state index in [1.807, 2.05) is 0 Å². The second kappa shape index (κ2) is 21.2. The summed E-state index contributed by atoms with van der Waals surface area (Å²) in [5.41, 5.74) is -2.95. The average Bonchev–Trinajstić information content (AvgIpc) is 2.92. The topological polar surface area (TPSA) is 201 Å². The van der Waals surface area contributed by atoms with Gasteiger partial charge in [-0.15, -0.1) is 0 Å². The van der Waals surface area contributed by atoms with Crippen molar-refractivity contribution in [1.82, 2.24) is 14.7 Å². The second-order valence-corrected chi connectivity index (χ2v) is 11.7. The summed E-state index contributed by atoms with van der Waals surface area (Å²) in [7, 11) is 4.49. The molecule has 0 radical (unpaired) electrons. The van der Waals surface area contributed by atoms with Gasteiger partial charge in [0.05, 0.1) is 16.2 Å². The number of rotatable bonds is 15. The highest BCUT2D eigenvalue weighted by atomic mass is 16.6. The molecule has 0 rings (SSSR count). The third kappa shape index (κ3) is 20.1. The molecular formula is C30H51N3O12. The fourth-order valence-corrected chi connectivity index (χ4v) is 2.90. The molecule has 0 aromatic rings. The van der Waals surface area contributed by atoms with Gasteiger partial charge in [0.2, 0.25) is 0 Å². The van der Waals surface area contributed by atoms with Crippen molar-refractivity contribution in [2.24, 2.45) is 16.2 Å². The molecule has 0 bridgehead atoms. The van der Waals surface area contributed by atoms with Gasteiger partial charge in [-0.2, -0.15) is 0 Å². The highest BCUT2D eigenvalue weighted by Gasteiger charge is 2.32. The number of amides is 3. The van der Waals surface area contributed by atoms with Crippen LogP contribution in [0, 0.1) is 16.2 Å². The molecule has 15 heteroatoms. The van der Waals surface area contributed by atoms with E-state index in [0.29, 0.717) is 0 Å². The number of carbonyl (C=O) groups is 6. The normalized spacial score (nSPS) is 10.6. The number of carboxylic acid groups (broad SMARTS) is 3. The van der Waals surface area contributed by atoms with E-state index in [2.05, 4.69) is 19.7 Å². The zero-order chi connectivity index (χ0) is 36.2. The fraction of sp³-hybridized carbons (Fsp3) is 0.600. The van der Waals surface area contributed by atoms with E-state index in [-0.39, 0.29) is 39.5 Å². The molecule has 3 N–H and O–H groups in total. The first-order chi connectivity index (χ1) is 20.4. The highest BCUT2D eigenvalue weighted by Crippen LogP contribution is 2.18. The predicted octanol–water partition coefficient (Wildman–Crippen LogP) is 4.05. The number of carboxylic acids is 3. The summed E-state index contributed by atoms with van der Waals surface area (Å²) < 4.78 is 14.3. The van der Waals surface area contributed by atoms with Crippen molar-refractivity contribution in [1.29, 1.82) is 0 Å². The van der Waals surface area contributed by atoms with Gasteiger partial charge in [-0.25, -0.2) is 14.4 Å². The van der Waals surface area contributed by atoms with E-state index in [0.717, 1.165) is 0 Å². The van der Waals surface area contributed by atoms with Crippen molar-refractivity contribution < 1.29 is 58.3 Å². The SMILES string of the molecule is C=CCOC(=O)N(C)CC(C)(C)C(=O)O.C=CCOC(=O)N(C)CC(C)(C)C(=O)O.C=CCOC(=O)N(C)CC(C)(C)C(=O)O. The number of carbonyl (C=O) groups excluding carboxylic acids is 3. The summed E-state index contributed by atoms with van der Waals surface area (Å²) in [6.45, 7) is 20.2. The number of nitrogens with zero attached hydrogens (tertiary/aromatic N) is 3. The Hall–Kier alpha value is -4.56. The second-order valence-electron chi connectivity index (χ2n) is 11.7. The van der Waals surface area contributed by atoms with Crippen molar-refractivity contribution in [3.8, 4) is 0 Å². The maximum absolute atomic E-state index is 11.3. The Morgan fingerprint density at radius 1 is 0.511 bits per heavy atom. The van der Waals surface area contributed by atoms with E-state index in [4.69, 9.17) is 29.5 Å². The molecule has 0 aromatic carbocycles. The van der Waals surface area contributed by atoms with Crippen LogP contribution >= 0.6 is 0 Å². The van der Waals surface area contributed by atoms with Crippen LogP contribution in [0.2, 0.25) is 0 Å². The quantitative estimate of drug-likeness (QED) is 0.171. The van der Waals surface area contributed by atoms with E-state index < -0.39 is 52.4 Å². The van der Waals surface area contributed by atoms with Crippen molar-refractivity contribution in [2.75, 3.05) is 60.6 Å². The molecule has 0 aliphatic rings. The monoisotopic (exact) mass is 645 g/mol. The van der Waals surface area contributed by atoms with Gasteiger partial charge < -0.3 is 44.2 Å². The molecular weight excluding hydrogens is 594 g/mol. The largest absolute Gasteiger partial charge is 0.481 e. The lowest BCUT2D eigenvalue weighted by Crippen LogP contribution is -2.40. The molecule has 0 atom stereocenters.